The minimum Gasteiger partial charge on any atom is -0.184 e. The zero-order valence-electron chi connectivity index (χ0n) is 8.70. The van der Waals surface area contributed by atoms with Crippen LogP contribution in [0.5, 0.6) is 0 Å². The molecule has 1 aliphatic carbocycles. The topological polar surface area (TPSA) is 0 Å². The molecular formula is C15H11Ru. The fraction of sp³-hybridized carbons (Fsp3) is 0. The molecule has 0 heterocycles. The van der Waals surface area contributed by atoms with Crippen LogP contribution in [0.15, 0.2) is 60.7 Å². The summed E-state index contributed by atoms with van der Waals surface area (Å²) in [5.41, 5.74) is 2.68. The van der Waals surface area contributed by atoms with E-state index in [0.717, 1.165) is 0 Å². The summed E-state index contributed by atoms with van der Waals surface area (Å²) in [6, 6.07) is 20.9. The van der Waals surface area contributed by atoms with Gasteiger partial charge in [0.25, 0.3) is 0 Å². The Bertz CT molecular complexity index is 471. The molecule has 0 nitrogen and oxygen atoms in total. The zero-order valence-corrected chi connectivity index (χ0v) is 10.4. The minimum absolute atomic E-state index is 1.30. The van der Waals surface area contributed by atoms with Crippen LogP contribution in [-0.4, -0.2) is 4.11 Å². The van der Waals surface area contributed by atoms with Gasteiger partial charge in [0.05, 0.1) is 0 Å². The third-order valence-corrected chi connectivity index (χ3v) is 2.98. The van der Waals surface area contributed by atoms with E-state index in [1.807, 2.05) is 30.3 Å². The molecule has 0 amide bonds. The van der Waals surface area contributed by atoms with Gasteiger partial charge in [-0.05, 0) is 0 Å². The van der Waals surface area contributed by atoms with Crippen molar-refractivity contribution in [3.63, 3.8) is 0 Å². The first-order chi connectivity index (χ1) is 7.88. The maximum Gasteiger partial charge on any atom is -0.171 e. The number of hydrogen-bond acceptors (Lipinski definition) is 0. The first kappa shape index (κ1) is 11.2. The van der Waals surface area contributed by atoms with Crippen molar-refractivity contribution in [2.45, 2.75) is 0 Å². The van der Waals surface area contributed by atoms with Crippen molar-refractivity contribution in [2.24, 2.45) is 0 Å². The summed E-state index contributed by atoms with van der Waals surface area (Å²) in [5.74, 6) is 0. The number of rotatable bonds is 0. The van der Waals surface area contributed by atoms with E-state index in [-0.39, 0.29) is 0 Å². The van der Waals surface area contributed by atoms with Gasteiger partial charge in [-0.2, -0.15) is 36.4 Å². The number of hydrogen-bond donors (Lipinski definition) is 0. The van der Waals surface area contributed by atoms with E-state index in [2.05, 4.69) is 60.3 Å². The molecule has 1 heteroatoms. The van der Waals surface area contributed by atoms with E-state index in [0.29, 0.717) is 0 Å². The van der Waals surface area contributed by atoms with Crippen LogP contribution >= 0.6 is 0 Å². The van der Waals surface area contributed by atoms with Crippen molar-refractivity contribution in [1.29, 1.82) is 0 Å². The number of allylic oxidation sites excluding steroid dienone is 1. The summed E-state index contributed by atoms with van der Waals surface area (Å²) >= 11 is 2.64. The Hall–Kier alpha value is -1.33. The SMILES string of the molecule is [Ru+]=[C]1C=Cc2ccccc21.[c-]1ccccc1. The largest absolute Gasteiger partial charge is 0.184 e. The molecular weight excluding hydrogens is 281 g/mol. The standard InChI is InChI=1S/C9H6.C6H5.Ru/c1-2-5-9-7-3-6-8(9)4-1;1-2-4-6-5-3-1;/h1-6H;1-5H;/q;-1;+1. The Morgan fingerprint density at radius 2 is 1.56 bits per heavy atom. The molecule has 0 aromatic heterocycles. The van der Waals surface area contributed by atoms with Gasteiger partial charge in [-0.15, -0.1) is 0 Å². The van der Waals surface area contributed by atoms with Crippen LogP contribution in [0.4, 0.5) is 0 Å². The molecule has 0 N–H and O–H groups in total. The van der Waals surface area contributed by atoms with Crippen molar-refractivity contribution in [3.8, 4) is 0 Å². The third-order valence-electron chi connectivity index (χ3n) is 2.22. The molecule has 0 saturated heterocycles. The van der Waals surface area contributed by atoms with Crippen molar-refractivity contribution < 1.29 is 17.9 Å². The second kappa shape index (κ2) is 5.67. The average Bonchev–Trinajstić information content (AvgIpc) is 2.75. The van der Waals surface area contributed by atoms with Gasteiger partial charge in [0.15, 0.2) is 0 Å². The number of fused-ring (bicyclic) bond motifs is 1. The molecule has 3 rings (SSSR count). The first-order valence-corrected chi connectivity index (χ1v) is 5.94. The van der Waals surface area contributed by atoms with Crippen molar-refractivity contribution in [1.82, 2.24) is 0 Å². The van der Waals surface area contributed by atoms with Crippen LogP contribution in [0.3, 0.4) is 0 Å². The fourth-order valence-electron chi connectivity index (χ4n) is 1.45. The molecule has 0 unspecified atom stereocenters. The molecule has 0 aliphatic heterocycles. The van der Waals surface area contributed by atoms with E-state index in [9.17, 15) is 0 Å². The van der Waals surface area contributed by atoms with Gasteiger partial charge in [0.1, 0.15) is 0 Å². The smallest absolute Gasteiger partial charge is 0.171 e. The van der Waals surface area contributed by atoms with Gasteiger partial charge in [-0.3, -0.25) is 0 Å². The van der Waals surface area contributed by atoms with E-state index in [1.54, 1.807) is 0 Å². The van der Waals surface area contributed by atoms with Gasteiger partial charge in [-0.25, -0.2) is 0 Å². The molecule has 0 atom stereocenters. The Morgan fingerprint density at radius 1 is 0.812 bits per heavy atom. The molecule has 2 aromatic rings. The van der Waals surface area contributed by atoms with Crippen molar-refractivity contribution >= 4 is 10.2 Å². The molecule has 0 spiro atoms. The van der Waals surface area contributed by atoms with E-state index in [1.165, 1.54) is 15.2 Å². The van der Waals surface area contributed by atoms with E-state index < -0.39 is 0 Å². The summed E-state index contributed by atoms with van der Waals surface area (Å²) in [6.45, 7) is 0. The average molecular weight is 292 g/mol. The molecule has 2 aromatic carbocycles. The van der Waals surface area contributed by atoms with E-state index >= 15 is 0 Å². The second-order valence-electron chi connectivity index (χ2n) is 3.33. The predicted octanol–water partition coefficient (Wildman–Crippen LogP) is 3.27. The Labute approximate surface area is 106 Å². The predicted molar refractivity (Wildman–Crippen MR) is 64.9 cm³/mol. The van der Waals surface area contributed by atoms with E-state index in [4.69, 9.17) is 0 Å². The Balaban J connectivity index is 0.000000138. The zero-order chi connectivity index (χ0) is 11.2. The summed E-state index contributed by atoms with van der Waals surface area (Å²) in [6.07, 6.45) is 4.27. The van der Waals surface area contributed by atoms with Crippen LogP contribution in [0, 0.1) is 6.07 Å². The second-order valence-corrected chi connectivity index (χ2v) is 4.27. The summed E-state index contributed by atoms with van der Waals surface area (Å²) in [4.78, 5) is 0. The molecule has 16 heavy (non-hydrogen) atoms. The normalized spacial score (nSPS) is 11.6. The van der Waals surface area contributed by atoms with Crippen molar-refractivity contribution in [3.05, 3.63) is 77.9 Å². The first-order valence-electron chi connectivity index (χ1n) is 5.08. The monoisotopic (exact) mass is 293 g/mol. The van der Waals surface area contributed by atoms with Crippen LogP contribution in [-0.2, 0) is 17.9 Å². The van der Waals surface area contributed by atoms with Crippen LogP contribution < -0.4 is 0 Å². The van der Waals surface area contributed by atoms with Gasteiger partial charge >= 0.3 is 69.5 Å². The summed E-state index contributed by atoms with van der Waals surface area (Å²) in [5, 5.41) is 0. The molecule has 0 fully saturated rings. The van der Waals surface area contributed by atoms with Crippen LogP contribution in [0.25, 0.3) is 6.08 Å². The summed E-state index contributed by atoms with van der Waals surface area (Å²) < 4.78 is 1.30. The van der Waals surface area contributed by atoms with Gasteiger partial charge < -0.3 is 0 Å². The van der Waals surface area contributed by atoms with Crippen LogP contribution in [0.2, 0.25) is 0 Å². The maximum atomic E-state index is 2.89. The molecule has 0 radical (unpaired) electrons. The van der Waals surface area contributed by atoms with Gasteiger partial charge in [-0.1, -0.05) is 0 Å². The Kier molecular flexibility index (Phi) is 3.96. The molecule has 79 valence electrons. The minimum atomic E-state index is 1.30. The summed E-state index contributed by atoms with van der Waals surface area (Å²) in [7, 11) is 0. The maximum absolute atomic E-state index is 2.89. The van der Waals surface area contributed by atoms with Crippen molar-refractivity contribution in [2.75, 3.05) is 0 Å². The van der Waals surface area contributed by atoms with Crippen LogP contribution in [0.1, 0.15) is 11.1 Å². The fourth-order valence-corrected chi connectivity index (χ4v) is 1.99. The molecule has 1 aliphatic rings. The quantitative estimate of drug-likeness (QED) is 0.516. The Morgan fingerprint density at radius 3 is 2.12 bits per heavy atom. The molecule has 0 saturated carbocycles. The van der Waals surface area contributed by atoms with Gasteiger partial charge in [0, 0.05) is 0 Å². The molecule has 0 bridgehead atoms. The number of benzene rings is 2. The van der Waals surface area contributed by atoms with Gasteiger partial charge in [0.2, 0.25) is 0 Å². The third kappa shape index (κ3) is 2.84.